The summed E-state index contributed by atoms with van der Waals surface area (Å²) in [5, 5.41) is 3.14. The third-order valence-corrected chi connectivity index (χ3v) is 5.22. The molecule has 2 aromatic carbocycles. The number of benzene rings is 2. The van der Waals surface area contributed by atoms with Crippen LogP contribution in [0.15, 0.2) is 64.8 Å². The van der Waals surface area contributed by atoms with Crippen molar-refractivity contribution < 1.29 is 0 Å². The smallest absolute Gasteiger partial charge is 0.267 e. The van der Waals surface area contributed by atoms with Gasteiger partial charge >= 0.3 is 0 Å². The van der Waals surface area contributed by atoms with Gasteiger partial charge in [-0.05, 0) is 41.8 Å². The van der Waals surface area contributed by atoms with E-state index in [-0.39, 0.29) is 5.56 Å². The van der Waals surface area contributed by atoms with Crippen molar-refractivity contribution >= 4 is 49.7 Å². The van der Waals surface area contributed by atoms with Crippen LogP contribution in [-0.2, 0) is 0 Å². The van der Waals surface area contributed by atoms with Crippen molar-refractivity contribution in [1.29, 1.82) is 0 Å². The number of hydrogen-bond donors (Lipinski definition) is 0. The Hall–Kier alpha value is -2.63. The molecule has 0 radical (unpaired) electrons. The highest BCUT2D eigenvalue weighted by atomic mass is 35.5. The monoisotopic (exact) mass is 351 g/mol. The van der Waals surface area contributed by atoms with Crippen LogP contribution in [-0.4, -0.2) is 14.2 Å². The summed E-state index contributed by atoms with van der Waals surface area (Å²) in [4.78, 5) is 17.8. The molecule has 0 aliphatic carbocycles. The van der Waals surface area contributed by atoms with Gasteiger partial charge < -0.3 is 0 Å². The SMILES string of the molecule is O=c1c2ccc(Cl)cc2nc2c3sccc3n(-c3ccccc3)n12. The molecule has 116 valence electrons. The van der Waals surface area contributed by atoms with Crippen LogP contribution in [0.5, 0.6) is 0 Å². The maximum atomic E-state index is 13.1. The van der Waals surface area contributed by atoms with Crippen LogP contribution >= 0.6 is 22.9 Å². The lowest BCUT2D eigenvalue weighted by Gasteiger charge is -2.08. The van der Waals surface area contributed by atoms with Gasteiger partial charge in [-0.1, -0.05) is 29.8 Å². The zero-order valence-electron chi connectivity index (χ0n) is 12.3. The third kappa shape index (κ3) is 1.79. The first-order chi connectivity index (χ1) is 11.7. The van der Waals surface area contributed by atoms with Crippen molar-refractivity contribution in [2.45, 2.75) is 0 Å². The molecule has 3 heterocycles. The van der Waals surface area contributed by atoms with Gasteiger partial charge in [-0.15, -0.1) is 11.3 Å². The Labute approximate surface area is 145 Å². The molecule has 4 nitrogen and oxygen atoms in total. The van der Waals surface area contributed by atoms with E-state index in [0.717, 1.165) is 15.9 Å². The number of fused-ring (bicyclic) bond motifs is 4. The minimum Gasteiger partial charge on any atom is -0.267 e. The minimum atomic E-state index is -0.0982. The second-order valence-corrected chi connectivity index (χ2v) is 6.85. The van der Waals surface area contributed by atoms with Crippen molar-refractivity contribution in [2.24, 2.45) is 0 Å². The maximum absolute atomic E-state index is 13.1. The molecule has 0 spiro atoms. The Morgan fingerprint density at radius 3 is 2.71 bits per heavy atom. The van der Waals surface area contributed by atoms with Gasteiger partial charge in [0, 0.05) is 5.02 Å². The average molecular weight is 352 g/mol. The standard InChI is InChI=1S/C18H10ClN3OS/c19-11-6-7-13-14(10-11)20-17-16-15(8-9-24-16)21(22(17)18(13)23)12-4-2-1-3-5-12/h1-10H. The summed E-state index contributed by atoms with van der Waals surface area (Å²) in [6.07, 6.45) is 0. The summed E-state index contributed by atoms with van der Waals surface area (Å²) >= 11 is 7.65. The molecule has 0 unspecified atom stereocenters. The zero-order chi connectivity index (χ0) is 16.3. The molecule has 5 aromatic rings. The number of aromatic nitrogens is 3. The van der Waals surface area contributed by atoms with E-state index < -0.39 is 0 Å². The van der Waals surface area contributed by atoms with Gasteiger partial charge in [0.2, 0.25) is 0 Å². The van der Waals surface area contributed by atoms with Crippen molar-refractivity contribution in [3.8, 4) is 5.69 Å². The number of rotatable bonds is 1. The summed E-state index contributed by atoms with van der Waals surface area (Å²) in [5.74, 6) is 0. The molecule has 0 aliphatic heterocycles. The molecular weight excluding hydrogens is 342 g/mol. The molecular formula is C18H10ClN3OS. The molecule has 0 saturated heterocycles. The lowest BCUT2D eigenvalue weighted by atomic mass is 10.2. The van der Waals surface area contributed by atoms with Crippen LogP contribution in [0.1, 0.15) is 0 Å². The van der Waals surface area contributed by atoms with Crippen LogP contribution in [0, 0.1) is 0 Å². The predicted molar refractivity (Wildman–Crippen MR) is 98.7 cm³/mol. The number of thiophene rings is 1. The fourth-order valence-corrected chi connectivity index (χ4v) is 4.06. The topological polar surface area (TPSA) is 39.3 Å². The van der Waals surface area contributed by atoms with Crippen LogP contribution in [0.3, 0.4) is 0 Å². The Balaban J connectivity index is 2.06. The second-order valence-electron chi connectivity index (χ2n) is 5.50. The van der Waals surface area contributed by atoms with Crippen LogP contribution in [0.4, 0.5) is 0 Å². The molecule has 6 heteroatoms. The van der Waals surface area contributed by atoms with Crippen LogP contribution in [0.25, 0.3) is 32.5 Å². The molecule has 5 rings (SSSR count). The molecule has 0 saturated carbocycles. The Bertz CT molecular complexity index is 1280. The molecule has 0 N–H and O–H groups in total. The highest BCUT2D eigenvalue weighted by Gasteiger charge is 2.17. The first kappa shape index (κ1) is 13.8. The number of halogens is 1. The summed E-state index contributed by atoms with van der Waals surface area (Å²) < 4.78 is 4.55. The van der Waals surface area contributed by atoms with Gasteiger partial charge in [0.05, 0.1) is 26.8 Å². The van der Waals surface area contributed by atoms with E-state index in [1.165, 1.54) is 0 Å². The van der Waals surface area contributed by atoms with Gasteiger partial charge in [-0.25, -0.2) is 9.67 Å². The molecule has 0 amide bonds. The first-order valence-electron chi connectivity index (χ1n) is 7.40. The fraction of sp³-hybridized carbons (Fsp3) is 0. The van der Waals surface area contributed by atoms with E-state index >= 15 is 0 Å². The zero-order valence-corrected chi connectivity index (χ0v) is 13.9. The summed E-state index contributed by atoms with van der Waals surface area (Å²) in [7, 11) is 0. The Kier molecular flexibility index (Phi) is 2.83. The van der Waals surface area contributed by atoms with Crippen molar-refractivity contribution in [3.05, 3.63) is 75.4 Å². The van der Waals surface area contributed by atoms with Crippen LogP contribution < -0.4 is 5.56 Å². The van der Waals surface area contributed by atoms with Gasteiger partial charge in [-0.2, -0.15) is 4.52 Å². The van der Waals surface area contributed by atoms with Gasteiger partial charge in [0.1, 0.15) is 0 Å². The molecule has 24 heavy (non-hydrogen) atoms. The maximum Gasteiger partial charge on any atom is 0.281 e. The van der Waals surface area contributed by atoms with Gasteiger partial charge in [-0.3, -0.25) is 4.79 Å². The normalized spacial score (nSPS) is 11.7. The van der Waals surface area contributed by atoms with E-state index in [1.54, 1.807) is 34.1 Å². The average Bonchev–Trinajstić information content (AvgIpc) is 3.17. The van der Waals surface area contributed by atoms with E-state index in [1.807, 2.05) is 46.5 Å². The Morgan fingerprint density at radius 2 is 1.88 bits per heavy atom. The summed E-state index contributed by atoms with van der Waals surface area (Å²) in [6, 6.07) is 17.0. The molecule has 0 atom stereocenters. The third-order valence-electron chi connectivity index (χ3n) is 4.09. The lowest BCUT2D eigenvalue weighted by Crippen LogP contribution is -2.20. The van der Waals surface area contributed by atoms with Crippen molar-refractivity contribution in [2.75, 3.05) is 0 Å². The number of nitrogens with zero attached hydrogens (tertiary/aromatic N) is 3. The number of para-hydroxylation sites is 1. The molecule has 3 aromatic heterocycles. The quantitative estimate of drug-likeness (QED) is 0.446. The van der Waals surface area contributed by atoms with E-state index in [4.69, 9.17) is 16.6 Å². The summed E-state index contributed by atoms with van der Waals surface area (Å²) in [5.41, 5.74) is 3.07. The van der Waals surface area contributed by atoms with Crippen LogP contribution in [0.2, 0.25) is 5.02 Å². The highest BCUT2D eigenvalue weighted by Crippen LogP contribution is 2.29. The number of hydrogen-bond acceptors (Lipinski definition) is 3. The fourth-order valence-electron chi connectivity index (χ4n) is 3.05. The predicted octanol–water partition coefficient (Wildman–Crippen LogP) is 4.51. The summed E-state index contributed by atoms with van der Waals surface area (Å²) in [6.45, 7) is 0. The minimum absolute atomic E-state index is 0.0982. The van der Waals surface area contributed by atoms with Gasteiger partial charge in [0.15, 0.2) is 5.65 Å². The largest absolute Gasteiger partial charge is 0.281 e. The van der Waals surface area contributed by atoms with Crippen molar-refractivity contribution in [1.82, 2.24) is 14.2 Å². The molecule has 0 bridgehead atoms. The molecule has 0 fully saturated rings. The van der Waals surface area contributed by atoms with E-state index in [9.17, 15) is 4.79 Å². The van der Waals surface area contributed by atoms with E-state index in [2.05, 4.69) is 0 Å². The van der Waals surface area contributed by atoms with Gasteiger partial charge in [0.25, 0.3) is 5.56 Å². The lowest BCUT2D eigenvalue weighted by molar-refractivity contribution is 0.794. The molecule has 0 aliphatic rings. The first-order valence-corrected chi connectivity index (χ1v) is 8.65. The second kappa shape index (κ2) is 4.93. The van der Waals surface area contributed by atoms with E-state index in [0.29, 0.717) is 21.6 Å². The highest BCUT2D eigenvalue weighted by molar-refractivity contribution is 7.18. The van der Waals surface area contributed by atoms with Crippen molar-refractivity contribution in [3.63, 3.8) is 0 Å². The Morgan fingerprint density at radius 1 is 1.04 bits per heavy atom.